The summed E-state index contributed by atoms with van der Waals surface area (Å²) in [5.41, 5.74) is 3.98. The fourth-order valence-corrected chi connectivity index (χ4v) is 5.23. The van der Waals surface area contributed by atoms with Crippen LogP contribution in [0.1, 0.15) is 36.0 Å². The van der Waals surface area contributed by atoms with E-state index in [1.54, 1.807) is 6.20 Å². The molecule has 40 heavy (non-hydrogen) atoms. The van der Waals surface area contributed by atoms with Crippen LogP contribution in [-0.2, 0) is 0 Å². The standard InChI is InChI=1S/C33H29N3O3S/c1-3-37-25-15-9-23(10-16-25)29-19-20-30(39-29)32-31(28-6-4-5-21-34-28)35-33(40)36(32)24-11-17-27(18-12-24)38-26-13-7-22(2)8-14-26/h4-21,31-32H,3H2,1-2H3,(H,35,40)/t31-,32-/m0/s1. The van der Waals surface area contributed by atoms with E-state index in [2.05, 4.69) is 22.1 Å². The molecule has 0 radical (unpaired) electrons. The number of aromatic nitrogens is 1. The predicted octanol–water partition coefficient (Wildman–Crippen LogP) is 8.02. The van der Waals surface area contributed by atoms with E-state index >= 15 is 0 Å². The van der Waals surface area contributed by atoms with Gasteiger partial charge in [-0.2, -0.15) is 0 Å². The van der Waals surface area contributed by atoms with Gasteiger partial charge < -0.3 is 24.1 Å². The van der Waals surface area contributed by atoms with Crippen molar-refractivity contribution in [3.8, 4) is 28.6 Å². The monoisotopic (exact) mass is 547 g/mol. The van der Waals surface area contributed by atoms with Gasteiger partial charge >= 0.3 is 0 Å². The number of aryl methyl sites for hydroxylation is 1. The Morgan fingerprint density at radius 2 is 1.55 bits per heavy atom. The number of furan rings is 1. The van der Waals surface area contributed by atoms with Gasteiger partial charge in [-0.1, -0.05) is 23.8 Å². The maximum absolute atomic E-state index is 6.48. The zero-order valence-corrected chi connectivity index (χ0v) is 23.1. The van der Waals surface area contributed by atoms with Gasteiger partial charge in [0, 0.05) is 17.4 Å². The van der Waals surface area contributed by atoms with Crippen molar-refractivity contribution in [3.63, 3.8) is 0 Å². The highest BCUT2D eigenvalue weighted by atomic mass is 32.1. The number of hydrogen-bond acceptors (Lipinski definition) is 5. The molecule has 6 nitrogen and oxygen atoms in total. The maximum atomic E-state index is 6.48. The molecule has 0 unspecified atom stereocenters. The summed E-state index contributed by atoms with van der Waals surface area (Å²) in [6.07, 6.45) is 1.80. The minimum atomic E-state index is -0.247. The average Bonchev–Trinajstić information content (AvgIpc) is 3.60. The van der Waals surface area contributed by atoms with Crippen LogP contribution < -0.4 is 19.7 Å². The molecule has 200 valence electrons. The number of pyridine rings is 1. The molecule has 0 saturated carbocycles. The Balaban J connectivity index is 1.32. The summed E-state index contributed by atoms with van der Waals surface area (Å²) in [5, 5.41) is 4.09. The Morgan fingerprint density at radius 1 is 0.850 bits per heavy atom. The van der Waals surface area contributed by atoms with Crippen molar-refractivity contribution < 1.29 is 13.9 Å². The third kappa shape index (κ3) is 5.28. The van der Waals surface area contributed by atoms with Crippen LogP contribution >= 0.6 is 12.2 Å². The molecule has 7 heteroatoms. The number of thiocarbonyl (C=S) groups is 1. The van der Waals surface area contributed by atoms with Crippen LogP contribution in [0.2, 0.25) is 0 Å². The number of anilines is 1. The van der Waals surface area contributed by atoms with E-state index in [9.17, 15) is 0 Å². The van der Waals surface area contributed by atoms with E-state index < -0.39 is 0 Å². The van der Waals surface area contributed by atoms with E-state index in [4.69, 9.17) is 26.1 Å². The lowest BCUT2D eigenvalue weighted by molar-refractivity contribution is 0.340. The molecule has 1 N–H and O–H groups in total. The lowest BCUT2D eigenvalue weighted by atomic mass is 10.0. The van der Waals surface area contributed by atoms with Crippen LogP contribution in [0.3, 0.4) is 0 Å². The molecule has 3 heterocycles. The van der Waals surface area contributed by atoms with E-state index in [1.807, 2.05) is 110 Å². The van der Waals surface area contributed by atoms with Crippen LogP contribution in [-0.4, -0.2) is 16.7 Å². The second-order valence-electron chi connectivity index (χ2n) is 9.57. The van der Waals surface area contributed by atoms with Gasteiger partial charge in [0.25, 0.3) is 0 Å². The van der Waals surface area contributed by atoms with E-state index in [0.717, 1.165) is 45.7 Å². The third-order valence-corrected chi connectivity index (χ3v) is 7.15. The summed E-state index contributed by atoms with van der Waals surface area (Å²) in [7, 11) is 0. The lowest BCUT2D eigenvalue weighted by Gasteiger charge is -2.26. The van der Waals surface area contributed by atoms with Crippen molar-refractivity contribution in [1.82, 2.24) is 10.3 Å². The average molecular weight is 548 g/mol. The van der Waals surface area contributed by atoms with Gasteiger partial charge in [0.1, 0.15) is 34.8 Å². The number of nitrogens with one attached hydrogen (secondary N) is 1. The zero-order valence-electron chi connectivity index (χ0n) is 22.3. The molecule has 1 fully saturated rings. The Hall–Kier alpha value is -4.62. The summed E-state index contributed by atoms with van der Waals surface area (Å²) in [5.74, 6) is 3.94. The maximum Gasteiger partial charge on any atom is 0.174 e. The second-order valence-corrected chi connectivity index (χ2v) is 9.95. The minimum absolute atomic E-state index is 0.198. The summed E-state index contributed by atoms with van der Waals surface area (Å²) in [6.45, 7) is 4.66. The Labute approximate surface area is 239 Å². The topological polar surface area (TPSA) is 59.8 Å². The number of benzene rings is 3. The van der Waals surface area contributed by atoms with Crippen LogP contribution in [0.5, 0.6) is 17.2 Å². The summed E-state index contributed by atoms with van der Waals surface area (Å²) in [6, 6.07) is 33.3. The largest absolute Gasteiger partial charge is 0.494 e. The molecule has 2 aromatic heterocycles. The van der Waals surface area contributed by atoms with Crippen molar-refractivity contribution in [2.45, 2.75) is 25.9 Å². The van der Waals surface area contributed by atoms with Gasteiger partial charge in [-0.05, 0) is 111 Å². The van der Waals surface area contributed by atoms with Crippen LogP contribution in [0.4, 0.5) is 5.69 Å². The number of rotatable bonds is 8. The molecule has 0 bridgehead atoms. The molecule has 0 spiro atoms. The Morgan fingerprint density at radius 3 is 2.23 bits per heavy atom. The van der Waals surface area contributed by atoms with Crippen molar-refractivity contribution in [1.29, 1.82) is 0 Å². The van der Waals surface area contributed by atoms with Gasteiger partial charge in [0.15, 0.2) is 5.11 Å². The first-order valence-corrected chi connectivity index (χ1v) is 13.7. The zero-order chi connectivity index (χ0) is 27.5. The first-order valence-electron chi connectivity index (χ1n) is 13.3. The Bertz CT molecular complexity index is 1580. The quantitative estimate of drug-likeness (QED) is 0.197. The van der Waals surface area contributed by atoms with Gasteiger partial charge in [-0.3, -0.25) is 4.98 Å². The summed E-state index contributed by atoms with van der Waals surface area (Å²) < 4.78 is 18.1. The molecule has 1 saturated heterocycles. The number of nitrogens with zero attached hydrogens (tertiary/aromatic N) is 2. The Kier molecular flexibility index (Phi) is 7.21. The van der Waals surface area contributed by atoms with E-state index in [0.29, 0.717) is 11.7 Å². The molecular formula is C33H29N3O3S. The first kappa shape index (κ1) is 25.6. The molecule has 3 aromatic carbocycles. The molecule has 2 atom stereocenters. The highest BCUT2D eigenvalue weighted by Crippen LogP contribution is 2.43. The molecule has 6 rings (SSSR count). The molecule has 0 amide bonds. The SMILES string of the molecule is CCOc1ccc(-c2ccc([C@H]3[C@H](c4ccccn4)NC(=S)N3c3ccc(Oc4ccc(C)cc4)cc3)o2)cc1. The fraction of sp³-hybridized carbons (Fsp3) is 0.152. The van der Waals surface area contributed by atoms with Crippen LogP contribution in [0, 0.1) is 6.92 Å². The predicted molar refractivity (Wildman–Crippen MR) is 161 cm³/mol. The van der Waals surface area contributed by atoms with Gasteiger partial charge in [0.05, 0.1) is 18.3 Å². The number of hydrogen-bond donors (Lipinski definition) is 1. The van der Waals surface area contributed by atoms with Crippen molar-refractivity contribution in [2.75, 3.05) is 11.5 Å². The summed E-state index contributed by atoms with van der Waals surface area (Å²) >= 11 is 5.87. The molecular weight excluding hydrogens is 518 g/mol. The van der Waals surface area contributed by atoms with Crippen molar-refractivity contribution >= 4 is 23.0 Å². The van der Waals surface area contributed by atoms with E-state index in [1.165, 1.54) is 5.56 Å². The second kappa shape index (κ2) is 11.2. The van der Waals surface area contributed by atoms with Crippen molar-refractivity contribution in [2.24, 2.45) is 0 Å². The first-order chi connectivity index (χ1) is 19.6. The minimum Gasteiger partial charge on any atom is -0.494 e. The fourth-order valence-electron chi connectivity index (χ4n) is 4.89. The third-order valence-electron chi connectivity index (χ3n) is 6.84. The molecule has 5 aromatic rings. The highest BCUT2D eigenvalue weighted by Gasteiger charge is 2.42. The molecule has 1 aliphatic heterocycles. The molecule has 1 aliphatic rings. The van der Waals surface area contributed by atoms with Crippen LogP contribution in [0.25, 0.3) is 11.3 Å². The van der Waals surface area contributed by atoms with Gasteiger partial charge in [-0.15, -0.1) is 0 Å². The highest BCUT2D eigenvalue weighted by molar-refractivity contribution is 7.80. The van der Waals surface area contributed by atoms with Gasteiger partial charge in [0.2, 0.25) is 0 Å². The van der Waals surface area contributed by atoms with Gasteiger partial charge in [-0.25, -0.2) is 0 Å². The number of ether oxygens (including phenoxy) is 2. The smallest absolute Gasteiger partial charge is 0.174 e. The van der Waals surface area contributed by atoms with Crippen LogP contribution in [0.15, 0.2) is 114 Å². The summed E-state index contributed by atoms with van der Waals surface area (Å²) in [4.78, 5) is 6.72. The molecule has 0 aliphatic carbocycles. The normalized spacial score (nSPS) is 16.6. The lowest BCUT2D eigenvalue weighted by Crippen LogP contribution is -2.29. The van der Waals surface area contributed by atoms with E-state index in [-0.39, 0.29) is 12.1 Å². The van der Waals surface area contributed by atoms with Crippen molar-refractivity contribution in [3.05, 3.63) is 126 Å².